The highest BCUT2D eigenvalue weighted by Crippen LogP contribution is 2.38. The number of benzene rings is 4. The fourth-order valence-electron chi connectivity index (χ4n) is 5.69. The standard InChI is InChI=1S/C34H30F4N6O/c1-22-30-16-29(42(17-24-3-7-26(35)8-4-24)18-25-5-9-27(36)10-6-25)12-14-33(30)41-44(22)23(2)34(45,19-43-21-39-20-40-43)31-13-11-28(37)15-32(31)38/h3-16,20-21,23,45H,17-19H2,1-2H3/t23-,34-/m1/s1. The summed E-state index contributed by atoms with van der Waals surface area (Å²) in [5, 5.41) is 21.8. The van der Waals surface area contributed by atoms with E-state index in [1.165, 1.54) is 47.7 Å². The van der Waals surface area contributed by atoms with Gasteiger partial charge < -0.3 is 10.0 Å². The highest BCUT2D eigenvalue weighted by atomic mass is 19.1. The molecular formula is C34H30F4N6O. The predicted molar refractivity (Wildman–Crippen MR) is 162 cm³/mol. The Kier molecular flexibility index (Phi) is 8.11. The molecule has 2 heterocycles. The first kappa shape index (κ1) is 30.0. The number of aliphatic hydroxyl groups is 1. The molecule has 0 saturated carbocycles. The second-order valence-electron chi connectivity index (χ2n) is 11.2. The van der Waals surface area contributed by atoms with E-state index in [4.69, 9.17) is 5.10 Å². The lowest BCUT2D eigenvalue weighted by Crippen LogP contribution is -2.41. The molecule has 6 rings (SSSR count). The van der Waals surface area contributed by atoms with E-state index in [2.05, 4.69) is 15.0 Å². The average molecular weight is 615 g/mol. The van der Waals surface area contributed by atoms with Crippen molar-refractivity contribution in [1.29, 1.82) is 0 Å². The number of anilines is 1. The molecule has 1 N–H and O–H groups in total. The lowest BCUT2D eigenvalue weighted by atomic mass is 9.86. The van der Waals surface area contributed by atoms with Crippen LogP contribution in [0.4, 0.5) is 23.2 Å². The van der Waals surface area contributed by atoms with E-state index in [0.717, 1.165) is 34.3 Å². The number of fused-ring (bicyclic) bond motifs is 1. The number of rotatable bonds is 10. The van der Waals surface area contributed by atoms with E-state index in [0.29, 0.717) is 24.3 Å². The summed E-state index contributed by atoms with van der Waals surface area (Å²) < 4.78 is 59.3. The Balaban J connectivity index is 1.40. The minimum absolute atomic E-state index is 0.101. The van der Waals surface area contributed by atoms with Crippen molar-refractivity contribution in [3.8, 4) is 0 Å². The van der Waals surface area contributed by atoms with Gasteiger partial charge in [-0.1, -0.05) is 30.3 Å². The van der Waals surface area contributed by atoms with Gasteiger partial charge in [0.15, 0.2) is 0 Å². The van der Waals surface area contributed by atoms with Crippen molar-refractivity contribution in [1.82, 2.24) is 24.5 Å². The third-order valence-electron chi connectivity index (χ3n) is 8.19. The fourth-order valence-corrected chi connectivity index (χ4v) is 5.69. The largest absolute Gasteiger partial charge is 0.381 e. The topological polar surface area (TPSA) is 72.0 Å². The van der Waals surface area contributed by atoms with Gasteiger partial charge in [-0.3, -0.25) is 4.68 Å². The van der Waals surface area contributed by atoms with E-state index in [-0.39, 0.29) is 23.7 Å². The smallest absolute Gasteiger partial charge is 0.137 e. The number of aromatic nitrogens is 5. The SMILES string of the molecule is Cc1c2cc(N(Cc3ccc(F)cc3)Cc3ccc(F)cc3)ccc2nn1[C@H](C)[C@](O)(Cn1cncn1)c1ccc(F)cc1F. The minimum Gasteiger partial charge on any atom is -0.381 e. The lowest BCUT2D eigenvalue weighted by Gasteiger charge is -2.35. The molecule has 0 aliphatic carbocycles. The van der Waals surface area contributed by atoms with Crippen LogP contribution in [0.25, 0.3) is 10.9 Å². The molecule has 45 heavy (non-hydrogen) atoms. The first-order chi connectivity index (χ1) is 21.6. The van der Waals surface area contributed by atoms with Crippen molar-refractivity contribution in [2.45, 2.75) is 45.1 Å². The number of hydrogen-bond donors (Lipinski definition) is 1. The summed E-state index contributed by atoms with van der Waals surface area (Å²) >= 11 is 0. The third-order valence-corrected chi connectivity index (χ3v) is 8.19. The van der Waals surface area contributed by atoms with Crippen LogP contribution in [-0.2, 0) is 25.2 Å². The molecule has 0 saturated heterocycles. The van der Waals surface area contributed by atoms with Crippen molar-refractivity contribution in [2.75, 3.05) is 4.90 Å². The maximum Gasteiger partial charge on any atom is 0.137 e. The van der Waals surface area contributed by atoms with E-state index in [1.807, 2.05) is 25.1 Å². The molecule has 0 radical (unpaired) electrons. The highest BCUT2D eigenvalue weighted by molar-refractivity contribution is 5.85. The zero-order valence-electron chi connectivity index (χ0n) is 24.6. The van der Waals surface area contributed by atoms with Gasteiger partial charge >= 0.3 is 0 Å². The molecule has 0 amide bonds. The number of nitrogens with zero attached hydrogens (tertiary/aromatic N) is 6. The summed E-state index contributed by atoms with van der Waals surface area (Å²) in [5.41, 5.74) is 1.98. The van der Waals surface area contributed by atoms with Crippen LogP contribution in [-0.4, -0.2) is 29.7 Å². The quantitative estimate of drug-likeness (QED) is 0.171. The van der Waals surface area contributed by atoms with Crippen LogP contribution in [0.1, 0.15) is 35.3 Å². The summed E-state index contributed by atoms with van der Waals surface area (Å²) in [6.45, 7) is 4.31. The molecule has 230 valence electrons. The Hall–Kier alpha value is -5.03. The molecule has 0 aliphatic rings. The van der Waals surface area contributed by atoms with Gasteiger partial charge in [-0.25, -0.2) is 27.2 Å². The number of hydrogen-bond acceptors (Lipinski definition) is 5. The van der Waals surface area contributed by atoms with Crippen molar-refractivity contribution in [3.05, 3.63) is 143 Å². The van der Waals surface area contributed by atoms with Gasteiger partial charge in [-0.2, -0.15) is 10.2 Å². The van der Waals surface area contributed by atoms with Crippen molar-refractivity contribution in [3.63, 3.8) is 0 Å². The van der Waals surface area contributed by atoms with E-state index in [9.17, 15) is 18.3 Å². The van der Waals surface area contributed by atoms with E-state index >= 15 is 4.39 Å². The van der Waals surface area contributed by atoms with E-state index in [1.54, 1.807) is 35.9 Å². The molecule has 0 fully saturated rings. The van der Waals surface area contributed by atoms with Gasteiger partial charge in [-0.15, -0.1) is 0 Å². The van der Waals surface area contributed by atoms with Crippen LogP contribution in [0.5, 0.6) is 0 Å². The summed E-state index contributed by atoms with van der Waals surface area (Å²) in [4.78, 5) is 6.03. The summed E-state index contributed by atoms with van der Waals surface area (Å²) in [6, 6.07) is 20.5. The van der Waals surface area contributed by atoms with E-state index < -0.39 is 23.3 Å². The molecule has 0 unspecified atom stereocenters. The highest BCUT2D eigenvalue weighted by Gasteiger charge is 2.41. The fraction of sp³-hybridized carbons (Fsp3) is 0.206. The van der Waals surface area contributed by atoms with Crippen LogP contribution in [0.2, 0.25) is 0 Å². The molecular weight excluding hydrogens is 584 g/mol. The molecule has 2 aromatic heterocycles. The molecule has 0 aliphatic heterocycles. The van der Waals surface area contributed by atoms with Crippen LogP contribution < -0.4 is 4.90 Å². The molecule has 2 atom stereocenters. The Morgan fingerprint density at radius 3 is 2.02 bits per heavy atom. The van der Waals surface area contributed by atoms with Gasteiger partial charge in [0.25, 0.3) is 0 Å². The maximum absolute atomic E-state index is 15.2. The molecule has 7 nitrogen and oxygen atoms in total. The second kappa shape index (κ2) is 12.2. The molecule has 0 bridgehead atoms. The number of aryl methyl sites for hydroxylation is 1. The molecule has 6 aromatic rings. The molecule has 4 aromatic carbocycles. The maximum atomic E-state index is 15.2. The minimum atomic E-state index is -1.89. The second-order valence-corrected chi connectivity index (χ2v) is 11.2. The van der Waals surface area contributed by atoms with Crippen LogP contribution in [0.3, 0.4) is 0 Å². The van der Waals surface area contributed by atoms with Crippen LogP contribution >= 0.6 is 0 Å². The normalized spacial score (nSPS) is 13.6. The predicted octanol–water partition coefficient (Wildman–Crippen LogP) is 6.85. The average Bonchev–Trinajstić information content (AvgIpc) is 3.65. The van der Waals surface area contributed by atoms with Gasteiger partial charge in [0.1, 0.15) is 41.5 Å². The summed E-state index contributed by atoms with van der Waals surface area (Å²) in [5.74, 6) is -2.30. The van der Waals surface area contributed by atoms with Gasteiger partial charge in [0, 0.05) is 41.5 Å². The first-order valence-electron chi connectivity index (χ1n) is 14.3. The van der Waals surface area contributed by atoms with Crippen molar-refractivity contribution < 1.29 is 22.7 Å². The monoisotopic (exact) mass is 614 g/mol. The first-order valence-corrected chi connectivity index (χ1v) is 14.3. The summed E-state index contributed by atoms with van der Waals surface area (Å²) in [6.07, 6.45) is 2.72. The van der Waals surface area contributed by atoms with Gasteiger partial charge in [0.2, 0.25) is 0 Å². The molecule has 11 heteroatoms. The van der Waals surface area contributed by atoms with Gasteiger partial charge in [0.05, 0.1) is 18.1 Å². The number of halogens is 4. The third kappa shape index (κ3) is 6.16. The van der Waals surface area contributed by atoms with Crippen LogP contribution in [0.15, 0.2) is 97.6 Å². The Morgan fingerprint density at radius 2 is 1.44 bits per heavy atom. The Labute approximate surface area is 257 Å². The zero-order chi connectivity index (χ0) is 31.7. The van der Waals surface area contributed by atoms with Crippen molar-refractivity contribution in [2.24, 2.45) is 0 Å². The summed E-state index contributed by atoms with van der Waals surface area (Å²) in [7, 11) is 0. The Morgan fingerprint density at radius 1 is 0.822 bits per heavy atom. The molecule has 0 spiro atoms. The lowest BCUT2D eigenvalue weighted by molar-refractivity contribution is -0.0372. The van der Waals surface area contributed by atoms with Gasteiger partial charge in [-0.05, 0) is 73.5 Å². The van der Waals surface area contributed by atoms with Crippen molar-refractivity contribution >= 4 is 16.6 Å². The van der Waals surface area contributed by atoms with Crippen LogP contribution in [0, 0.1) is 30.2 Å². The zero-order valence-corrected chi connectivity index (χ0v) is 24.6. The Bertz CT molecular complexity index is 1880.